The van der Waals surface area contributed by atoms with Gasteiger partial charge in [-0.3, -0.25) is 4.98 Å². The zero-order valence-electron chi connectivity index (χ0n) is 9.31. The van der Waals surface area contributed by atoms with E-state index in [1.54, 1.807) is 13.3 Å². The molecule has 3 nitrogen and oxygen atoms in total. The van der Waals surface area contributed by atoms with Crippen molar-refractivity contribution in [1.29, 1.82) is 0 Å². The van der Waals surface area contributed by atoms with Crippen LogP contribution in [0.2, 0.25) is 0 Å². The van der Waals surface area contributed by atoms with Crippen molar-refractivity contribution < 1.29 is 4.74 Å². The average molecular weight is 206 g/mol. The third-order valence-electron chi connectivity index (χ3n) is 3.27. The first-order chi connectivity index (χ1) is 7.24. The Morgan fingerprint density at radius 2 is 2.27 bits per heavy atom. The van der Waals surface area contributed by atoms with Crippen LogP contribution < -0.4 is 10.5 Å². The number of nitrogens with zero attached hydrogens (tertiary/aromatic N) is 1. The molecule has 0 spiro atoms. The molecule has 2 unspecified atom stereocenters. The van der Waals surface area contributed by atoms with Crippen molar-refractivity contribution in [3.05, 3.63) is 24.0 Å². The molecule has 15 heavy (non-hydrogen) atoms. The molecular formula is C12H18N2O. The molecule has 0 bridgehead atoms. The maximum absolute atomic E-state index is 6.21. The Labute approximate surface area is 90.7 Å². The second-order valence-electron chi connectivity index (χ2n) is 4.31. The predicted octanol–water partition coefficient (Wildman–Crippen LogP) is 2.14. The topological polar surface area (TPSA) is 48.1 Å². The monoisotopic (exact) mass is 206 g/mol. The Morgan fingerprint density at radius 1 is 1.53 bits per heavy atom. The molecule has 0 amide bonds. The Kier molecular flexibility index (Phi) is 2.91. The molecule has 82 valence electrons. The standard InChI is InChI=1S/C12H18N2O/c1-8(9-5-6-9)11(13)12-10(15-2)4-3-7-14-12/h3-4,7-9,11H,5-6,13H2,1-2H3. The summed E-state index contributed by atoms with van der Waals surface area (Å²) in [5, 5.41) is 0. The zero-order chi connectivity index (χ0) is 10.8. The Bertz CT molecular complexity index is 336. The first-order valence-electron chi connectivity index (χ1n) is 5.48. The van der Waals surface area contributed by atoms with E-state index in [9.17, 15) is 0 Å². The van der Waals surface area contributed by atoms with Crippen molar-refractivity contribution in [1.82, 2.24) is 4.98 Å². The Morgan fingerprint density at radius 3 is 2.87 bits per heavy atom. The van der Waals surface area contributed by atoms with Crippen molar-refractivity contribution in [3.63, 3.8) is 0 Å². The van der Waals surface area contributed by atoms with Crippen LogP contribution >= 0.6 is 0 Å². The normalized spacial score (nSPS) is 19.7. The fourth-order valence-corrected chi connectivity index (χ4v) is 1.99. The van der Waals surface area contributed by atoms with E-state index in [1.165, 1.54) is 12.8 Å². The van der Waals surface area contributed by atoms with E-state index < -0.39 is 0 Å². The highest BCUT2D eigenvalue weighted by Gasteiger charge is 2.33. The van der Waals surface area contributed by atoms with E-state index in [-0.39, 0.29) is 6.04 Å². The first-order valence-corrected chi connectivity index (χ1v) is 5.48. The lowest BCUT2D eigenvalue weighted by Crippen LogP contribution is -2.22. The highest BCUT2D eigenvalue weighted by molar-refractivity contribution is 5.29. The number of hydrogen-bond acceptors (Lipinski definition) is 3. The summed E-state index contributed by atoms with van der Waals surface area (Å²) in [6.45, 7) is 2.20. The highest BCUT2D eigenvalue weighted by atomic mass is 16.5. The minimum atomic E-state index is -0.00588. The summed E-state index contributed by atoms with van der Waals surface area (Å²) < 4.78 is 5.27. The van der Waals surface area contributed by atoms with Gasteiger partial charge in [-0.1, -0.05) is 6.92 Å². The molecule has 3 heteroatoms. The van der Waals surface area contributed by atoms with Crippen molar-refractivity contribution in [2.75, 3.05) is 7.11 Å². The Hall–Kier alpha value is -1.09. The number of aromatic nitrogens is 1. The van der Waals surface area contributed by atoms with Crippen molar-refractivity contribution in [3.8, 4) is 5.75 Å². The van der Waals surface area contributed by atoms with Gasteiger partial charge in [0.25, 0.3) is 0 Å². The molecule has 1 aromatic heterocycles. The zero-order valence-corrected chi connectivity index (χ0v) is 9.31. The van der Waals surface area contributed by atoms with E-state index in [0.717, 1.165) is 17.4 Å². The van der Waals surface area contributed by atoms with Crippen LogP contribution in [0.5, 0.6) is 5.75 Å². The highest BCUT2D eigenvalue weighted by Crippen LogP contribution is 2.42. The molecule has 1 heterocycles. The van der Waals surface area contributed by atoms with E-state index in [4.69, 9.17) is 10.5 Å². The van der Waals surface area contributed by atoms with Crippen LogP contribution in [0, 0.1) is 11.8 Å². The molecule has 0 aromatic carbocycles. The summed E-state index contributed by atoms with van der Waals surface area (Å²) in [4.78, 5) is 4.33. The SMILES string of the molecule is COc1cccnc1C(N)C(C)C1CC1. The lowest BCUT2D eigenvalue weighted by molar-refractivity contribution is 0.369. The quantitative estimate of drug-likeness (QED) is 0.821. The summed E-state index contributed by atoms with van der Waals surface area (Å²) >= 11 is 0. The van der Waals surface area contributed by atoms with Gasteiger partial charge >= 0.3 is 0 Å². The fourth-order valence-electron chi connectivity index (χ4n) is 1.99. The smallest absolute Gasteiger partial charge is 0.141 e. The van der Waals surface area contributed by atoms with Crippen molar-refractivity contribution in [2.45, 2.75) is 25.8 Å². The third-order valence-corrected chi connectivity index (χ3v) is 3.27. The maximum atomic E-state index is 6.21. The van der Waals surface area contributed by atoms with Gasteiger partial charge in [0.1, 0.15) is 5.75 Å². The van der Waals surface area contributed by atoms with Crippen LogP contribution in [0.1, 0.15) is 31.5 Å². The van der Waals surface area contributed by atoms with E-state index >= 15 is 0 Å². The molecule has 0 saturated heterocycles. The molecule has 1 aromatic rings. The molecule has 2 rings (SSSR count). The summed E-state index contributed by atoms with van der Waals surface area (Å²) in [6, 6.07) is 3.78. The number of methoxy groups -OCH3 is 1. The second-order valence-corrected chi connectivity index (χ2v) is 4.31. The third kappa shape index (κ3) is 2.12. The predicted molar refractivity (Wildman–Crippen MR) is 59.6 cm³/mol. The lowest BCUT2D eigenvalue weighted by Gasteiger charge is -2.20. The summed E-state index contributed by atoms with van der Waals surface area (Å²) in [5.74, 6) is 2.08. The number of nitrogens with two attached hydrogens (primary N) is 1. The van der Waals surface area contributed by atoms with Crippen molar-refractivity contribution in [2.24, 2.45) is 17.6 Å². The van der Waals surface area contributed by atoms with Gasteiger partial charge in [0.05, 0.1) is 18.8 Å². The Balaban J connectivity index is 2.19. The number of ether oxygens (including phenoxy) is 1. The van der Waals surface area contributed by atoms with Gasteiger partial charge in [-0.15, -0.1) is 0 Å². The molecule has 1 fully saturated rings. The first kappa shape index (κ1) is 10.4. The summed E-state index contributed by atoms with van der Waals surface area (Å²) in [7, 11) is 1.66. The average Bonchev–Trinajstić information content (AvgIpc) is 3.11. The molecular weight excluding hydrogens is 188 g/mol. The minimum absolute atomic E-state index is 0.00588. The summed E-state index contributed by atoms with van der Waals surface area (Å²) in [6.07, 6.45) is 4.39. The van der Waals surface area contributed by atoms with E-state index in [0.29, 0.717) is 5.92 Å². The number of rotatable bonds is 4. The van der Waals surface area contributed by atoms with Gasteiger partial charge in [-0.25, -0.2) is 0 Å². The minimum Gasteiger partial charge on any atom is -0.495 e. The molecule has 0 radical (unpaired) electrons. The van der Waals surface area contributed by atoms with Crippen LogP contribution in [0.3, 0.4) is 0 Å². The molecule has 1 aliphatic rings. The molecule has 2 N–H and O–H groups in total. The van der Waals surface area contributed by atoms with Crippen LogP contribution in [0.25, 0.3) is 0 Å². The molecule has 2 atom stereocenters. The van der Waals surface area contributed by atoms with Gasteiger partial charge in [0.15, 0.2) is 0 Å². The number of pyridine rings is 1. The van der Waals surface area contributed by atoms with Gasteiger partial charge in [-0.05, 0) is 36.8 Å². The summed E-state index contributed by atoms with van der Waals surface area (Å²) in [5.41, 5.74) is 7.10. The number of hydrogen-bond donors (Lipinski definition) is 1. The largest absolute Gasteiger partial charge is 0.495 e. The van der Waals surface area contributed by atoms with Crippen LogP contribution in [-0.2, 0) is 0 Å². The molecule has 1 aliphatic carbocycles. The van der Waals surface area contributed by atoms with Crippen LogP contribution in [-0.4, -0.2) is 12.1 Å². The fraction of sp³-hybridized carbons (Fsp3) is 0.583. The van der Waals surface area contributed by atoms with E-state index in [2.05, 4.69) is 11.9 Å². The van der Waals surface area contributed by atoms with Crippen LogP contribution in [0.4, 0.5) is 0 Å². The second kappa shape index (κ2) is 4.19. The van der Waals surface area contributed by atoms with Gasteiger partial charge in [0, 0.05) is 6.20 Å². The van der Waals surface area contributed by atoms with Gasteiger partial charge in [0.2, 0.25) is 0 Å². The molecule has 0 aliphatic heterocycles. The molecule has 1 saturated carbocycles. The maximum Gasteiger partial charge on any atom is 0.141 e. The van der Waals surface area contributed by atoms with Crippen LogP contribution in [0.15, 0.2) is 18.3 Å². The van der Waals surface area contributed by atoms with Gasteiger partial charge in [-0.2, -0.15) is 0 Å². The van der Waals surface area contributed by atoms with Crippen molar-refractivity contribution >= 4 is 0 Å². The van der Waals surface area contributed by atoms with Gasteiger partial charge < -0.3 is 10.5 Å². The van der Waals surface area contributed by atoms with E-state index in [1.807, 2.05) is 12.1 Å². The lowest BCUT2D eigenvalue weighted by atomic mass is 9.94.